The first-order valence-corrected chi connectivity index (χ1v) is 4.12. The van der Waals surface area contributed by atoms with Crippen LogP contribution >= 0.6 is 0 Å². The van der Waals surface area contributed by atoms with E-state index < -0.39 is 0 Å². The fraction of sp³-hybridized carbons (Fsp3) is 0.125. The van der Waals surface area contributed by atoms with Gasteiger partial charge < -0.3 is 11.1 Å². The second-order valence-corrected chi connectivity index (χ2v) is 2.93. The molecule has 0 radical (unpaired) electrons. The van der Waals surface area contributed by atoms with Crippen molar-refractivity contribution in [2.24, 2.45) is 0 Å². The average Bonchev–Trinajstić information content (AvgIpc) is 2.64. The second-order valence-electron chi connectivity index (χ2n) is 2.93. The van der Waals surface area contributed by atoms with Gasteiger partial charge in [-0.2, -0.15) is 5.21 Å². The van der Waals surface area contributed by atoms with Gasteiger partial charge in [0.1, 0.15) is 0 Å². The van der Waals surface area contributed by atoms with Crippen LogP contribution in [0.2, 0.25) is 0 Å². The predicted molar refractivity (Wildman–Crippen MR) is 53.1 cm³/mol. The number of aromatic amines is 1. The highest BCUT2D eigenvalue weighted by Gasteiger charge is 2.01. The van der Waals surface area contributed by atoms with Gasteiger partial charge in [0.05, 0.1) is 0 Å². The molecule has 1 aromatic heterocycles. The van der Waals surface area contributed by atoms with Crippen LogP contribution in [-0.4, -0.2) is 20.6 Å². The molecular weight excluding hydrogens is 180 g/mol. The Kier molecular flexibility index (Phi) is 2.02. The molecule has 0 aliphatic heterocycles. The summed E-state index contributed by atoms with van der Waals surface area (Å²) in [6.07, 6.45) is 0. The van der Waals surface area contributed by atoms with Crippen LogP contribution in [0.4, 0.5) is 17.3 Å². The zero-order chi connectivity index (χ0) is 9.97. The minimum Gasteiger partial charge on any atom is -0.399 e. The van der Waals surface area contributed by atoms with Crippen molar-refractivity contribution in [1.29, 1.82) is 0 Å². The molecular formula is C8H10N6. The van der Waals surface area contributed by atoms with Gasteiger partial charge in [0.15, 0.2) is 0 Å². The van der Waals surface area contributed by atoms with E-state index in [0.29, 0.717) is 11.6 Å². The van der Waals surface area contributed by atoms with Crippen LogP contribution in [-0.2, 0) is 0 Å². The lowest BCUT2D eigenvalue weighted by Gasteiger charge is -2.05. The van der Waals surface area contributed by atoms with Crippen LogP contribution in [0.25, 0.3) is 0 Å². The summed E-state index contributed by atoms with van der Waals surface area (Å²) in [6, 6.07) is 5.60. The van der Waals surface area contributed by atoms with Crippen molar-refractivity contribution in [2.45, 2.75) is 6.92 Å². The van der Waals surface area contributed by atoms with Gasteiger partial charge in [-0.25, -0.2) is 0 Å². The van der Waals surface area contributed by atoms with E-state index in [0.717, 1.165) is 11.3 Å². The summed E-state index contributed by atoms with van der Waals surface area (Å²) in [7, 11) is 0. The summed E-state index contributed by atoms with van der Waals surface area (Å²) in [5.74, 6) is 0.429. The molecule has 72 valence electrons. The van der Waals surface area contributed by atoms with E-state index in [9.17, 15) is 0 Å². The van der Waals surface area contributed by atoms with Crippen molar-refractivity contribution in [3.63, 3.8) is 0 Å². The van der Waals surface area contributed by atoms with Crippen LogP contribution in [0.3, 0.4) is 0 Å². The predicted octanol–water partition coefficient (Wildman–Crippen LogP) is 0.834. The van der Waals surface area contributed by atoms with Gasteiger partial charge in [0.2, 0.25) is 0 Å². The molecule has 0 fully saturated rings. The lowest BCUT2D eigenvalue weighted by atomic mass is 10.2. The number of nitrogens with zero attached hydrogens (tertiary/aromatic N) is 3. The van der Waals surface area contributed by atoms with Gasteiger partial charge in [-0.15, -0.1) is 5.10 Å². The minimum absolute atomic E-state index is 0.429. The topological polar surface area (TPSA) is 92.5 Å². The molecule has 1 heterocycles. The molecule has 2 aromatic rings. The van der Waals surface area contributed by atoms with E-state index in [1.807, 2.05) is 25.1 Å². The number of nitrogen functional groups attached to an aromatic ring is 1. The number of hydrogen-bond acceptors (Lipinski definition) is 5. The molecule has 0 unspecified atom stereocenters. The maximum Gasteiger partial charge on any atom is 0.267 e. The summed E-state index contributed by atoms with van der Waals surface area (Å²) in [4.78, 5) is 0. The monoisotopic (exact) mass is 190 g/mol. The van der Waals surface area contributed by atoms with Crippen LogP contribution in [0.15, 0.2) is 18.2 Å². The largest absolute Gasteiger partial charge is 0.399 e. The smallest absolute Gasteiger partial charge is 0.267 e. The lowest BCUT2D eigenvalue weighted by Crippen LogP contribution is -1.96. The van der Waals surface area contributed by atoms with Crippen molar-refractivity contribution >= 4 is 17.3 Å². The first-order chi connectivity index (χ1) is 6.75. The number of aromatic nitrogens is 4. The lowest BCUT2D eigenvalue weighted by molar-refractivity contribution is 0.881. The normalized spacial score (nSPS) is 10.1. The summed E-state index contributed by atoms with van der Waals surface area (Å²) in [5, 5.41) is 16.4. The molecule has 0 saturated heterocycles. The molecule has 0 aliphatic rings. The third kappa shape index (κ3) is 1.63. The Morgan fingerprint density at radius 1 is 1.43 bits per heavy atom. The van der Waals surface area contributed by atoms with Crippen molar-refractivity contribution in [3.8, 4) is 0 Å². The number of anilines is 3. The van der Waals surface area contributed by atoms with Gasteiger partial charge >= 0.3 is 0 Å². The number of rotatable bonds is 2. The third-order valence-corrected chi connectivity index (χ3v) is 1.85. The summed E-state index contributed by atoms with van der Waals surface area (Å²) in [5.41, 5.74) is 8.30. The molecule has 1 aromatic carbocycles. The van der Waals surface area contributed by atoms with E-state index in [1.165, 1.54) is 0 Å². The molecule has 14 heavy (non-hydrogen) atoms. The van der Waals surface area contributed by atoms with E-state index in [2.05, 4.69) is 25.9 Å². The highest BCUT2D eigenvalue weighted by Crippen LogP contribution is 2.20. The van der Waals surface area contributed by atoms with Gasteiger partial charge in [-0.3, -0.25) is 0 Å². The first kappa shape index (κ1) is 8.49. The van der Waals surface area contributed by atoms with Gasteiger partial charge in [-0.1, -0.05) is 11.2 Å². The minimum atomic E-state index is 0.429. The van der Waals surface area contributed by atoms with Crippen molar-refractivity contribution < 1.29 is 0 Å². The van der Waals surface area contributed by atoms with E-state index in [1.54, 1.807) is 0 Å². The molecule has 0 bridgehead atoms. The molecule has 6 nitrogen and oxygen atoms in total. The third-order valence-electron chi connectivity index (χ3n) is 1.85. The second kappa shape index (κ2) is 3.33. The first-order valence-electron chi connectivity index (χ1n) is 4.12. The van der Waals surface area contributed by atoms with E-state index in [-0.39, 0.29) is 0 Å². The van der Waals surface area contributed by atoms with E-state index >= 15 is 0 Å². The number of nitrogens with two attached hydrogens (primary N) is 1. The zero-order valence-corrected chi connectivity index (χ0v) is 7.65. The SMILES string of the molecule is Cc1ccc(N)cc1Nc1nn[nH]n1. The molecule has 2 rings (SSSR count). The summed E-state index contributed by atoms with van der Waals surface area (Å²) in [6.45, 7) is 1.97. The van der Waals surface area contributed by atoms with Crippen molar-refractivity contribution in [1.82, 2.24) is 20.6 Å². The standard InChI is InChI=1S/C8H10N6/c1-5-2-3-6(9)4-7(5)10-8-11-13-14-12-8/h2-4H,9H2,1H3,(H2,10,11,12,13,14). The Bertz CT molecular complexity index is 421. The van der Waals surface area contributed by atoms with Gasteiger partial charge in [0, 0.05) is 11.4 Å². The number of benzene rings is 1. The Hall–Kier alpha value is -2.11. The summed E-state index contributed by atoms with van der Waals surface area (Å²) < 4.78 is 0. The number of nitrogens with one attached hydrogen (secondary N) is 2. The molecule has 0 atom stereocenters. The molecule has 0 spiro atoms. The molecule has 6 heteroatoms. The fourth-order valence-corrected chi connectivity index (χ4v) is 1.11. The number of hydrogen-bond donors (Lipinski definition) is 3. The van der Waals surface area contributed by atoms with Crippen molar-refractivity contribution in [2.75, 3.05) is 11.1 Å². The Morgan fingerprint density at radius 3 is 3.00 bits per heavy atom. The number of H-pyrrole nitrogens is 1. The van der Waals surface area contributed by atoms with Gasteiger partial charge in [-0.05, 0) is 29.8 Å². The van der Waals surface area contributed by atoms with Crippen LogP contribution < -0.4 is 11.1 Å². The van der Waals surface area contributed by atoms with Crippen LogP contribution in [0, 0.1) is 6.92 Å². The quantitative estimate of drug-likeness (QED) is 0.610. The van der Waals surface area contributed by atoms with Crippen LogP contribution in [0.5, 0.6) is 0 Å². The average molecular weight is 190 g/mol. The number of aryl methyl sites for hydroxylation is 1. The highest BCUT2D eigenvalue weighted by atomic mass is 15.5. The van der Waals surface area contributed by atoms with Crippen molar-refractivity contribution in [3.05, 3.63) is 23.8 Å². The zero-order valence-electron chi connectivity index (χ0n) is 7.65. The molecule has 0 saturated carbocycles. The Balaban J connectivity index is 2.28. The highest BCUT2D eigenvalue weighted by molar-refractivity contribution is 5.63. The molecule has 4 N–H and O–H groups in total. The maximum atomic E-state index is 5.65. The number of tetrazole rings is 1. The van der Waals surface area contributed by atoms with Gasteiger partial charge in [0.25, 0.3) is 5.95 Å². The summed E-state index contributed by atoms with van der Waals surface area (Å²) >= 11 is 0. The van der Waals surface area contributed by atoms with E-state index in [4.69, 9.17) is 5.73 Å². The Morgan fingerprint density at radius 2 is 2.29 bits per heavy atom. The Labute approximate surface area is 80.5 Å². The van der Waals surface area contributed by atoms with Crippen LogP contribution in [0.1, 0.15) is 5.56 Å². The fourth-order valence-electron chi connectivity index (χ4n) is 1.11. The maximum absolute atomic E-state index is 5.65. The molecule has 0 amide bonds. The molecule has 0 aliphatic carbocycles.